The second-order valence-corrected chi connectivity index (χ2v) is 5.95. The summed E-state index contributed by atoms with van der Waals surface area (Å²) in [5, 5.41) is 0.341. The van der Waals surface area contributed by atoms with E-state index >= 15 is 0 Å². The number of hydrogen-bond acceptors (Lipinski definition) is 0. The molecule has 0 heterocycles. The van der Waals surface area contributed by atoms with E-state index in [2.05, 4.69) is 0 Å². The number of alkyl halides is 9. The molecule has 27 heavy (non-hydrogen) atoms. The van der Waals surface area contributed by atoms with E-state index < -0.39 is 34.9 Å². The highest BCUT2D eigenvalue weighted by Gasteiger charge is 2.82. The predicted octanol–water partition coefficient (Wildman–Crippen LogP) is 6.92. The largest absolute Gasteiger partial charge is 0.460 e. The van der Waals surface area contributed by atoms with Crippen LogP contribution in [0.5, 0.6) is 0 Å². The van der Waals surface area contributed by atoms with Crippen LogP contribution < -0.4 is 0 Å². The fourth-order valence-corrected chi connectivity index (χ4v) is 2.78. The van der Waals surface area contributed by atoms with Gasteiger partial charge in [-0.15, -0.1) is 0 Å². The van der Waals surface area contributed by atoms with Gasteiger partial charge in [-0.3, -0.25) is 0 Å². The monoisotopic (exact) mass is 396 g/mol. The van der Waals surface area contributed by atoms with E-state index in [-0.39, 0.29) is 5.39 Å². The van der Waals surface area contributed by atoms with Gasteiger partial charge in [0.05, 0.1) is 0 Å². The van der Waals surface area contributed by atoms with Crippen molar-refractivity contribution in [2.75, 3.05) is 0 Å². The molecule has 0 unspecified atom stereocenters. The summed E-state index contributed by atoms with van der Waals surface area (Å²) >= 11 is 0. The molecule has 0 amide bonds. The van der Waals surface area contributed by atoms with Crippen molar-refractivity contribution in [3.63, 3.8) is 0 Å². The summed E-state index contributed by atoms with van der Waals surface area (Å²) in [6.45, 7) is 0. The zero-order chi connectivity index (χ0) is 20.3. The topological polar surface area (TPSA) is 0 Å². The second kappa shape index (κ2) is 5.77. The predicted molar refractivity (Wildman–Crippen MR) is 81.3 cm³/mol. The van der Waals surface area contributed by atoms with E-state index in [1.807, 2.05) is 0 Å². The zero-order valence-corrected chi connectivity index (χ0v) is 13.1. The molecular weight excluding hydrogens is 387 g/mol. The Kier molecular flexibility index (Phi) is 4.13. The smallest absolute Gasteiger partial charge is 0.194 e. The molecule has 144 valence electrons. The van der Waals surface area contributed by atoms with E-state index in [0.29, 0.717) is 16.8 Å². The Bertz CT molecular complexity index is 1000. The standard InChI is InChI=1S/C18H9F9/c19-15(20,16(21,22)17(23,24)18(25,26)27)14-7-3-6-12-8-10-4-1-2-5-11(10)9-13(12)14/h1-9H. The van der Waals surface area contributed by atoms with Crippen molar-refractivity contribution in [2.24, 2.45) is 0 Å². The van der Waals surface area contributed by atoms with E-state index in [9.17, 15) is 39.5 Å². The lowest BCUT2D eigenvalue weighted by Crippen LogP contribution is -2.59. The second-order valence-electron chi connectivity index (χ2n) is 5.95. The van der Waals surface area contributed by atoms with Crippen LogP contribution >= 0.6 is 0 Å². The van der Waals surface area contributed by atoms with Crippen LogP contribution in [-0.4, -0.2) is 18.0 Å². The molecule has 0 saturated carbocycles. The number of fused-ring (bicyclic) bond motifs is 2. The van der Waals surface area contributed by atoms with Crippen LogP contribution in [0, 0.1) is 0 Å². The summed E-state index contributed by atoms with van der Waals surface area (Å²) in [6, 6.07) is 11.2. The third kappa shape index (κ3) is 2.71. The summed E-state index contributed by atoms with van der Waals surface area (Å²) in [6.07, 6.45) is -6.85. The molecule has 0 radical (unpaired) electrons. The van der Waals surface area contributed by atoms with Crippen LogP contribution in [-0.2, 0) is 5.92 Å². The highest BCUT2D eigenvalue weighted by Crippen LogP contribution is 2.57. The summed E-state index contributed by atoms with van der Waals surface area (Å²) in [7, 11) is 0. The molecule has 0 aliphatic heterocycles. The summed E-state index contributed by atoms with van der Waals surface area (Å²) in [5.41, 5.74) is -1.61. The van der Waals surface area contributed by atoms with E-state index in [1.165, 1.54) is 24.3 Å². The minimum absolute atomic E-state index is 0.00278. The maximum Gasteiger partial charge on any atom is 0.460 e. The number of benzene rings is 3. The van der Waals surface area contributed by atoms with Gasteiger partial charge in [-0.05, 0) is 33.7 Å². The Morgan fingerprint density at radius 1 is 0.519 bits per heavy atom. The number of hydrogen-bond donors (Lipinski definition) is 0. The summed E-state index contributed by atoms with van der Waals surface area (Å²) in [4.78, 5) is 0. The van der Waals surface area contributed by atoms with Crippen LogP contribution in [0.4, 0.5) is 39.5 Å². The van der Waals surface area contributed by atoms with Gasteiger partial charge in [0.2, 0.25) is 0 Å². The van der Waals surface area contributed by atoms with Crippen molar-refractivity contribution in [2.45, 2.75) is 23.9 Å². The van der Waals surface area contributed by atoms with Crippen molar-refractivity contribution in [3.8, 4) is 0 Å². The van der Waals surface area contributed by atoms with Crippen LogP contribution in [0.3, 0.4) is 0 Å². The van der Waals surface area contributed by atoms with Crippen LogP contribution in [0.2, 0.25) is 0 Å². The highest BCUT2D eigenvalue weighted by atomic mass is 19.4. The van der Waals surface area contributed by atoms with Crippen molar-refractivity contribution < 1.29 is 39.5 Å². The van der Waals surface area contributed by atoms with E-state index in [4.69, 9.17) is 0 Å². The minimum Gasteiger partial charge on any atom is -0.194 e. The minimum atomic E-state index is -6.93. The molecule has 0 spiro atoms. The molecule has 0 bridgehead atoms. The van der Waals surface area contributed by atoms with Crippen LogP contribution in [0.15, 0.2) is 54.6 Å². The van der Waals surface area contributed by atoms with E-state index in [0.717, 1.165) is 12.1 Å². The molecule has 0 aromatic heterocycles. The lowest BCUT2D eigenvalue weighted by molar-refractivity contribution is -0.399. The third-order valence-electron chi connectivity index (χ3n) is 4.23. The summed E-state index contributed by atoms with van der Waals surface area (Å²) < 4.78 is 120. The van der Waals surface area contributed by atoms with Gasteiger partial charge in [-0.1, -0.05) is 42.5 Å². The van der Waals surface area contributed by atoms with Gasteiger partial charge < -0.3 is 0 Å². The first-order chi connectivity index (χ1) is 12.3. The first kappa shape index (κ1) is 19.3. The lowest BCUT2D eigenvalue weighted by Gasteiger charge is -2.34. The van der Waals surface area contributed by atoms with Crippen LogP contribution in [0.25, 0.3) is 21.5 Å². The van der Waals surface area contributed by atoms with Crippen molar-refractivity contribution in [1.82, 2.24) is 0 Å². The quantitative estimate of drug-likeness (QED) is 0.333. The van der Waals surface area contributed by atoms with Gasteiger partial charge in [0.15, 0.2) is 0 Å². The van der Waals surface area contributed by atoms with Crippen molar-refractivity contribution in [3.05, 3.63) is 60.2 Å². The lowest BCUT2D eigenvalue weighted by atomic mass is 9.91. The van der Waals surface area contributed by atoms with Gasteiger partial charge in [-0.2, -0.15) is 39.5 Å². The molecule has 0 aliphatic rings. The molecule has 3 rings (SSSR count). The summed E-state index contributed by atoms with van der Waals surface area (Å²) in [5.74, 6) is -19.4. The molecule has 0 saturated heterocycles. The van der Waals surface area contributed by atoms with Gasteiger partial charge in [0.25, 0.3) is 0 Å². The normalized spacial score (nSPS) is 14.1. The van der Waals surface area contributed by atoms with Gasteiger partial charge in [0.1, 0.15) is 0 Å². The molecular formula is C18H9F9. The molecule has 3 aromatic rings. The zero-order valence-electron chi connectivity index (χ0n) is 13.1. The fourth-order valence-electron chi connectivity index (χ4n) is 2.78. The van der Waals surface area contributed by atoms with E-state index in [1.54, 1.807) is 12.1 Å². The van der Waals surface area contributed by atoms with Gasteiger partial charge >= 0.3 is 23.9 Å². The Morgan fingerprint density at radius 2 is 1.04 bits per heavy atom. The molecule has 0 aliphatic carbocycles. The Morgan fingerprint density at radius 3 is 1.59 bits per heavy atom. The Hall–Kier alpha value is -2.45. The van der Waals surface area contributed by atoms with Crippen molar-refractivity contribution >= 4 is 21.5 Å². The molecule has 0 N–H and O–H groups in total. The molecule has 3 aromatic carbocycles. The Balaban J connectivity index is 2.28. The number of rotatable bonds is 3. The first-order valence-corrected chi connectivity index (χ1v) is 7.43. The first-order valence-electron chi connectivity index (χ1n) is 7.43. The number of halogens is 9. The third-order valence-corrected chi connectivity index (χ3v) is 4.23. The van der Waals surface area contributed by atoms with Crippen molar-refractivity contribution in [1.29, 1.82) is 0 Å². The SMILES string of the molecule is FC(F)(F)C(F)(F)C(F)(F)C(F)(F)c1cccc2cc3ccccc3cc12. The molecule has 0 fully saturated rings. The maximum absolute atomic E-state index is 14.4. The fraction of sp³-hybridized carbons (Fsp3) is 0.222. The Labute approximate surface area is 146 Å². The maximum atomic E-state index is 14.4. The average Bonchev–Trinajstić information content (AvgIpc) is 2.58. The van der Waals surface area contributed by atoms with Gasteiger partial charge in [-0.25, -0.2) is 0 Å². The average molecular weight is 396 g/mol. The van der Waals surface area contributed by atoms with Crippen LogP contribution in [0.1, 0.15) is 5.56 Å². The molecule has 9 heteroatoms. The molecule has 0 atom stereocenters. The molecule has 0 nitrogen and oxygen atoms in total. The van der Waals surface area contributed by atoms with Gasteiger partial charge in [0, 0.05) is 5.56 Å². The highest BCUT2D eigenvalue weighted by molar-refractivity contribution is 5.99.